The second-order valence-corrected chi connectivity index (χ2v) is 5.49. The fourth-order valence-electron chi connectivity index (χ4n) is 2.78. The molecule has 5 nitrogen and oxygen atoms in total. The minimum atomic E-state index is -1.11. The van der Waals surface area contributed by atoms with Gasteiger partial charge in [0.25, 0.3) is 11.8 Å². The number of carboxylic acids is 1. The molecular weight excluding hydrogens is 294 g/mol. The Morgan fingerprint density at radius 1 is 1.10 bits per heavy atom. The van der Waals surface area contributed by atoms with Gasteiger partial charge in [-0.1, -0.05) is 11.6 Å². The number of carbonyl (C=O) groups is 3. The van der Waals surface area contributed by atoms with Crippen molar-refractivity contribution in [2.45, 2.75) is 25.7 Å². The normalized spacial score (nSPS) is 18.2. The molecule has 0 atom stereocenters. The van der Waals surface area contributed by atoms with Crippen molar-refractivity contribution in [3.63, 3.8) is 0 Å². The van der Waals surface area contributed by atoms with Gasteiger partial charge >= 0.3 is 5.97 Å². The molecule has 6 heteroatoms. The van der Waals surface area contributed by atoms with Crippen LogP contribution in [-0.4, -0.2) is 22.9 Å². The van der Waals surface area contributed by atoms with Crippen molar-refractivity contribution >= 4 is 35.1 Å². The smallest absolute Gasteiger partial charge is 0.335 e. The fourth-order valence-corrected chi connectivity index (χ4v) is 3.04. The van der Waals surface area contributed by atoms with Gasteiger partial charge < -0.3 is 5.11 Å². The van der Waals surface area contributed by atoms with E-state index in [1.165, 1.54) is 18.2 Å². The summed E-state index contributed by atoms with van der Waals surface area (Å²) in [6.45, 7) is 0. The summed E-state index contributed by atoms with van der Waals surface area (Å²) < 4.78 is 0. The number of anilines is 1. The van der Waals surface area contributed by atoms with Crippen LogP contribution >= 0.6 is 11.6 Å². The van der Waals surface area contributed by atoms with Crippen LogP contribution in [0.15, 0.2) is 29.3 Å². The lowest BCUT2D eigenvalue weighted by atomic mass is 9.93. The average Bonchev–Trinajstić information content (AvgIpc) is 2.72. The van der Waals surface area contributed by atoms with Crippen LogP contribution < -0.4 is 4.90 Å². The lowest BCUT2D eigenvalue weighted by Gasteiger charge is -2.16. The van der Waals surface area contributed by atoms with Gasteiger partial charge in [-0.05, 0) is 43.9 Å². The minimum Gasteiger partial charge on any atom is -0.478 e. The molecule has 0 radical (unpaired) electrons. The van der Waals surface area contributed by atoms with Crippen LogP contribution in [-0.2, 0) is 9.59 Å². The van der Waals surface area contributed by atoms with Crippen LogP contribution in [0.5, 0.6) is 0 Å². The highest BCUT2D eigenvalue weighted by Gasteiger charge is 2.40. The molecule has 1 aromatic rings. The monoisotopic (exact) mass is 305 g/mol. The summed E-state index contributed by atoms with van der Waals surface area (Å²) in [6.07, 6.45) is 3.03. The third kappa shape index (κ3) is 2.14. The van der Waals surface area contributed by atoms with Crippen molar-refractivity contribution in [2.75, 3.05) is 4.90 Å². The summed E-state index contributed by atoms with van der Waals surface area (Å²) >= 11 is 6.05. The molecule has 0 fully saturated rings. The molecule has 0 spiro atoms. The number of benzene rings is 1. The summed E-state index contributed by atoms with van der Waals surface area (Å²) in [5.41, 5.74) is 1.40. The zero-order valence-electron chi connectivity index (χ0n) is 11.1. The molecule has 0 saturated carbocycles. The summed E-state index contributed by atoms with van der Waals surface area (Å²) in [6, 6.07) is 3.98. The van der Waals surface area contributed by atoms with Crippen molar-refractivity contribution < 1.29 is 19.5 Å². The number of hydrogen-bond donors (Lipinski definition) is 1. The van der Waals surface area contributed by atoms with E-state index in [1.54, 1.807) is 0 Å². The molecule has 0 unspecified atom stereocenters. The lowest BCUT2D eigenvalue weighted by molar-refractivity contribution is -0.120. The van der Waals surface area contributed by atoms with Crippen LogP contribution in [0.1, 0.15) is 36.0 Å². The number of halogens is 1. The highest BCUT2D eigenvalue weighted by Crippen LogP contribution is 2.38. The molecular formula is C15H12ClNO4. The van der Waals surface area contributed by atoms with Gasteiger partial charge in [-0.15, -0.1) is 0 Å². The van der Waals surface area contributed by atoms with Gasteiger partial charge in [0.2, 0.25) is 0 Å². The van der Waals surface area contributed by atoms with E-state index in [0.29, 0.717) is 24.0 Å². The highest BCUT2D eigenvalue weighted by molar-refractivity contribution is 6.39. The number of nitrogens with zero attached hydrogens (tertiary/aromatic N) is 1. The largest absolute Gasteiger partial charge is 0.478 e. The molecule has 21 heavy (non-hydrogen) atoms. The summed E-state index contributed by atoms with van der Waals surface area (Å²) in [4.78, 5) is 36.8. The zero-order valence-corrected chi connectivity index (χ0v) is 11.8. The van der Waals surface area contributed by atoms with Gasteiger partial charge in [-0.3, -0.25) is 9.59 Å². The van der Waals surface area contributed by atoms with Gasteiger partial charge in [0.05, 0.1) is 16.3 Å². The summed E-state index contributed by atoms with van der Waals surface area (Å²) in [5, 5.41) is 9.00. The minimum absolute atomic E-state index is 0.0144. The Kier molecular flexibility index (Phi) is 3.29. The fraction of sp³-hybridized carbons (Fsp3) is 0.267. The van der Waals surface area contributed by atoms with Gasteiger partial charge in [-0.2, -0.15) is 0 Å². The average molecular weight is 306 g/mol. The number of rotatable bonds is 2. The molecule has 0 bridgehead atoms. The molecule has 1 N–H and O–H groups in total. The Hall–Kier alpha value is -2.14. The van der Waals surface area contributed by atoms with Gasteiger partial charge in [0, 0.05) is 11.1 Å². The molecule has 1 aliphatic carbocycles. The van der Waals surface area contributed by atoms with E-state index < -0.39 is 5.97 Å². The van der Waals surface area contributed by atoms with Gasteiger partial charge in [-0.25, -0.2) is 9.69 Å². The Morgan fingerprint density at radius 3 is 2.14 bits per heavy atom. The van der Waals surface area contributed by atoms with E-state index in [9.17, 15) is 14.4 Å². The van der Waals surface area contributed by atoms with E-state index in [1.807, 2.05) is 0 Å². The number of amides is 2. The number of carbonyl (C=O) groups excluding carboxylic acids is 2. The Balaban J connectivity index is 2.01. The number of carboxylic acid groups (broad SMARTS) is 1. The molecule has 0 aromatic heterocycles. The maximum atomic E-state index is 12.4. The maximum absolute atomic E-state index is 12.4. The highest BCUT2D eigenvalue weighted by atomic mass is 35.5. The van der Waals surface area contributed by atoms with Crippen molar-refractivity contribution in [3.05, 3.63) is 39.9 Å². The van der Waals surface area contributed by atoms with Gasteiger partial charge in [0.1, 0.15) is 0 Å². The van der Waals surface area contributed by atoms with E-state index >= 15 is 0 Å². The quantitative estimate of drug-likeness (QED) is 0.853. The van der Waals surface area contributed by atoms with Crippen LogP contribution in [0.4, 0.5) is 5.69 Å². The molecule has 2 aliphatic rings. The maximum Gasteiger partial charge on any atom is 0.335 e. The number of imide groups is 1. The van der Waals surface area contributed by atoms with Gasteiger partial charge in [0.15, 0.2) is 0 Å². The van der Waals surface area contributed by atoms with Crippen molar-refractivity contribution in [3.8, 4) is 0 Å². The third-order valence-corrected chi connectivity index (χ3v) is 4.13. The van der Waals surface area contributed by atoms with E-state index in [-0.39, 0.29) is 28.1 Å². The first-order valence-electron chi connectivity index (χ1n) is 6.64. The molecule has 3 rings (SSSR count). The molecule has 108 valence electrons. The van der Waals surface area contributed by atoms with Crippen LogP contribution in [0, 0.1) is 0 Å². The van der Waals surface area contributed by atoms with Crippen LogP contribution in [0.3, 0.4) is 0 Å². The first kappa shape index (κ1) is 13.8. The predicted molar refractivity (Wildman–Crippen MR) is 76.4 cm³/mol. The van der Waals surface area contributed by atoms with Crippen molar-refractivity contribution in [2.24, 2.45) is 0 Å². The Labute approximate surface area is 125 Å². The second-order valence-electron chi connectivity index (χ2n) is 5.08. The van der Waals surface area contributed by atoms with Crippen molar-refractivity contribution in [1.82, 2.24) is 0 Å². The Bertz CT molecular complexity index is 680. The zero-order chi connectivity index (χ0) is 15.1. The molecule has 1 aliphatic heterocycles. The summed E-state index contributed by atoms with van der Waals surface area (Å²) in [5.74, 6) is -1.78. The molecule has 0 saturated heterocycles. The van der Waals surface area contributed by atoms with Crippen LogP contribution in [0.2, 0.25) is 5.02 Å². The third-order valence-electron chi connectivity index (χ3n) is 3.83. The Morgan fingerprint density at radius 2 is 1.67 bits per heavy atom. The molecule has 2 amide bonds. The lowest BCUT2D eigenvalue weighted by Crippen LogP contribution is -2.31. The number of hydrogen-bond acceptors (Lipinski definition) is 3. The van der Waals surface area contributed by atoms with E-state index in [4.69, 9.17) is 16.7 Å². The topological polar surface area (TPSA) is 74.7 Å². The van der Waals surface area contributed by atoms with Crippen LogP contribution in [0.25, 0.3) is 0 Å². The number of aromatic carboxylic acids is 1. The molecule has 1 heterocycles. The summed E-state index contributed by atoms with van der Waals surface area (Å²) in [7, 11) is 0. The molecule has 1 aromatic carbocycles. The van der Waals surface area contributed by atoms with E-state index in [2.05, 4.69) is 0 Å². The SMILES string of the molecule is O=C(O)c1ccc(N2C(=O)C3=C(CCCC3)C2=O)c(Cl)c1. The van der Waals surface area contributed by atoms with E-state index in [0.717, 1.165) is 17.7 Å². The first-order chi connectivity index (χ1) is 10.0. The standard InChI is InChI=1S/C15H12ClNO4/c16-11-7-8(15(20)21)5-6-12(11)17-13(18)9-3-1-2-4-10(9)14(17)19/h5-7H,1-4H2,(H,20,21). The van der Waals surface area contributed by atoms with Crippen molar-refractivity contribution in [1.29, 1.82) is 0 Å². The predicted octanol–water partition coefficient (Wildman–Crippen LogP) is 2.78. The second kappa shape index (κ2) is 5.00. The first-order valence-corrected chi connectivity index (χ1v) is 7.02.